The number of thiazole rings is 1. The van der Waals surface area contributed by atoms with E-state index >= 15 is 0 Å². The van der Waals surface area contributed by atoms with E-state index in [2.05, 4.69) is 41.4 Å². The van der Waals surface area contributed by atoms with Gasteiger partial charge in [0.1, 0.15) is 17.4 Å². The maximum Gasteiger partial charge on any atom is 0.193 e. The number of para-hydroxylation sites is 1. The van der Waals surface area contributed by atoms with Crippen molar-refractivity contribution >= 4 is 41.3 Å². The average molecular weight is 488 g/mol. The maximum atomic E-state index is 5.74. The summed E-state index contributed by atoms with van der Waals surface area (Å²) in [6.07, 6.45) is 0. The molecule has 0 aliphatic heterocycles. The summed E-state index contributed by atoms with van der Waals surface area (Å²) < 4.78 is 5.74. The smallest absolute Gasteiger partial charge is 0.193 e. The molecule has 0 spiro atoms. The minimum Gasteiger partial charge on any atom is -0.492 e. The van der Waals surface area contributed by atoms with Crippen LogP contribution in [0, 0.1) is 0 Å². The van der Waals surface area contributed by atoms with Crippen molar-refractivity contribution in [3.63, 3.8) is 0 Å². The Balaban J connectivity index is 0.00000338. The van der Waals surface area contributed by atoms with E-state index in [-0.39, 0.29) is 29.4 Å². The lowest BCUT2D eigenvalue weighted by atomic mass is 9.93. The van der Waals surface area contributed by atoms with Gasteiger partial charge in [-0.15, -0.1) is 35.3 Å². The zero-order valence-corrected chi connectivity index (χ0v) is 19.3. The molecule has 1 N–H and O–H groups in total. The monoisotopic (exact) mass is 488 g/mol. The molecule has 0 saturated carbocycles. The maximum absolute atomic E-state index is 5.74. The summed E-state index contributed by atoms with van der Waals surface area (Å²) in [5, 5.41) is 6.57. The molecule has 7 heteroatoms. The molecular formula is C19H29IN4OS. The highest BCUT2D eigenvalue weighted by Gasteiger charge is 2.17. The molecule has 2 rings (SSSR count). The first kappa shape index (κ1) is 22.7. The van der Waals surface area contributed by atoms with E-state index in [4.69, 9.17) is 9.72 Å². The van der Waals surface area contributed by atoms with E-state index in [1.807, 2.05) is 37.4 Å². The van der Waals surface area contributed by atoms with E-state index < -0.39 is 0 Å². The summed E-state index contributed by atoms with van der Waals surface area (Å²) >= 11 is 1.68. The van der Waals surface area contributed by atoms with E-state index in [1.165, 1.54) is 0 Å². The standard InChI is InChI=1S/C19H28N4OS.HI/c1-19(2,3)16-14-25-17(22-16)13-21-18(20-4)23(5)11-12-24-15-9-7-6-8-10-15;/h6-10,14H,11-13H2,1-5H3,(H,20,21);1H. The minimum atomic E-state index is 0. The Labute approximate surface area is 177 Å². The molecule has 1 heterocycles. The highest BCUT2D eigenvalue weighted by molar-refractivity contribution is 14.0. The van der Waals surface area contributed by atoms with Crippen LogP contribution in [0.25, 0.3) is 0 Å². The molecule has 0 aliphatic rings. The number of aromatic nitrogens is 1. The number of aliphatic imine (C=N–C) groups is 1. The molecule has 0 radical (unpaired) electrons. The molecule has 0 saturated heterocycles. The normalized spacial score (nSPS) is 11.7. The van der Waals surface area contributed by atoms with Gasteiger partial charge in [-0.2, -0.15) is 0 Å². The zero-order chi connectivity index (χ0) is 18.3. The fourth-order valence-electron chi connectivity index (χ4n) is 2.20. The number of likely N-dealkylation sites (N-methyl/N-ethyl adjacent to an activating group) is 1. The largest absolute Gasteiger partial charge is 0.492 e. The molecule has 1 aromatic carbocycles. The second-order valence-corrected chi connectivity index (χ2v) is 7.80. The van der Waals surface area contributed by atoms with Crippen LogP contribution < -0.4 is 10.1 Å². The van der Waals surface area contributed by atoms with Crippen molar-refractivity contribution in [1.29, 1.82) is 0 Å². The quantitative estimate of drug-likeness (QED) is 0.377. The Morgan fingerprint density at radius 2 is 1.96 bits per heavy atom. The van der Waals surface area contributed by atoms with Gasteiger partial charge in [0.15, 0.2) is 5.96 Å². The van der Waals surface area contributed by atoms with Gasteiger partial charge in [0.05, 0.1) is 18.8 Å². The Bertz CT molecular complexity index is 682. The van der Waals surface area contributed by atoms with Crippen LogP contribution in [0.2, 0.25) is 0 Å². The molecule has 0 bridgehead atoms. The number of rotatable bonds is 6. The van der Waals surface area contributed by atoms with E-state index in [0.717, 1.165) is 29.0 Å². The average Bonchev–Trinajstić information content (AvgIpc) is 3.06. The Morgan fingerprint density at radius 1 is 1.27 bits per heavy atom. The number of benzene rings is 1. The van der Waals surface area contributed by atoms with E-state index in [1.54, 1.807) is 18.4 Å². The highest BCUT2D eigenvalue weighted by Crippen LogP contribution is 2.23. The third-order valence-electron chi connectivity index (χ3n) is 3.73. The van der Waals surface area contributed by atoms with Crippen LogP contribution in [0.5, 0.6) is 5.75 Å². The predicted molar refractivity (Wildman–Crippen MR) is 121 cm³/mol. The van der Waals surface area contributed by atoms with Gasteiger partial charge in [-0.1, -0.05) is 39.0 Å². The van der Waals surface area contributed by atoms with Crippen LogP contribution in [0.1, 0.15) is 31.5 Å². The third kappa shape index (κ3) is 7.11. The lowest BCUT2D eigenvalue weighted by Gasteiger charge is -2.21. The van der Waals surface area contributed by atoms with Crippen LogP contribution in [-0.4, -0.2) is 43.1 Å². The van der Waals surface area contributed by atoms with Gasteiger partial charge in [-0.05, 0) is 12.1 Å². The molecular weight excluding hydrogens is 459 g/mol. The van der Waals surface area contributed by atoms with Crippen LogP contribution in [0.3, 0.4) is 0 Å². The van der Waals surface area contributed by atoms with Crippen molar-refractivity contribution in [2.45, 2.75) is 32.7 Å². The minimum absolute atomic E-state index is 0. The molecule has 144 valence electrons. The van der Waals surface area contributed by atoms with Gasteiger partial charge in [0, 0.05) is 24.9 Å². The van der Waals surface area contributed by atoms with Gasteiger partial charge in [0.25, 0.3) is 0 Å². The number of hydrogen-bond donors (Lipinski definition) is 1. The van der Waals surface area contributed by atoms with Gasteiger partial charge in [-0.3, -0.25) is 4.99 Å². The Hall–Kier alpha value is -1.35. The second-order valence-electron chi connectivity index (χ2n) is 6.86. The number of hydrogen-bond acceptors (Lipinski definition) is 4. The van der Waals surface area contributed by atoms with Crippen LogP contribution in [0.15, 0.2) is 40.7 Å². The SMILES string of the molecule is CN=C(NCc1nc(C(C)(C)C)cs1)N(C)CCOc1ccccc1.I. The van der Waals surface area contributed by atoms with Crippen LogP contribution in [-0.2, 0) is 12.0 Å². The Kier molecular flexibility index (Phi) is 9.35. The molecule has 0 amide bonds. The molecule has 0 atom stereocenters. The number of halogens is 1. The van der Waals surface area contributed by atoms with Gasteiger partial charge in [0.2, 0.25) is 0 Å². The summed E-state index contributed by atoms with van der Waals surface area (Å²) in [5.74, 6) is 1.72. The van der Waals surface area contributed by atoms with Crippen LogP contribution >= 0.6 is 35.3 Å². The first-order chi connectivity index (χ1) is 11.9. The molecule has 2 aromatic rings. The number of ether oxygens (including phenoxy) is 1. The first-order valence-electron chi connectivity index (χ1n) is 8.44. The summed E-state index contributed by atoms with van der Waals surface area (Å²) in [7, 11) is 3.80. The summed E-state index contributed by atoms with van der Waals surface area (Å²) in [5.41, 5.74) is 1.22. The predicted octanol–water partition coefficient (Wildman–Crippen LogP) is 4.14. The topological polar surface area (TPSA) is 49.8 Å². The van der Waals surface area contributed by atoms with Gasteiger partial charge in [-0.25, -0.2) is 4.98 Å². The summed E-state index contributed by atoms with van der Waals surface area (Å²) in [6, 6.07) is 9.85. The van der Waals surface area contributed by atoms with Crippen molar-refractivity contribution in [2.24, 2.45) is 4.99 Å². The third-order valence-corrected chi connectivity index (χ3v) is 4.58. The van der Waals surface area contributed by atoms with E-state index in [9.17, 15) is 0 Å². The zero-order valence-electron chi connectivity index (χ0n) is 16.2. The highest BCUT2D eigenvalue weighted by atomic mass is 127. The summed E-state index contributed by atoms with van der Waals surface area (Å²) in [6.45, 7) is 8.57. The Morgan fingerprint density at radius 3 is 2.54 bits per heavy atom. The molecule has 5 nitrogen and oxygen atoms in total. The number of guanidine groups is 1. The molecule has 26 heavy (non-hydrogen) atoms. The molecule has 0 unspecified atom stereocenters. The van der Waals surface area contributed by atoms with Crippen molar-refractivity contribution in [2.75, 3.05) is 27.2 Å². The fraction of sp³-hybridized carbons (Fsp3) is 0.474. The van der Waals surface area contributed by atoms with Crippen molar-refractivity contribution in [3.8, 4) is 5.75 Å². The lowest BCUT2D eigenvalue weighted by Crippen LogP contribution is -2.40. The van der Waals surface area contributed by atoms with Crippen LogP contribution in [0.4, 0.5) is 0 Å². The number of nitrogens with one attached hydrogen (secondary N) is 1. The number of nitrogens with zero attached hydrogens (tertiary/aromatic N) is 3. The summed E-state index contributed by atoms with van der Waals surface area (Å²) in [4.78, 5) is 11.1. The van der Waals surface area contributed by atoms with E-state index in [0.29, 0.717) is 13.2 Å². The molecule has 0 aliphatic carbocycles. The van der Waals surface area contributed by atoms with Gasteiger partial charge >= 0.3 is 0 Å². The molecule has 1 aromatic heterocycles. The van der Waals surface area contributed by atoms with Crippen molar-refractivity contribution in [3.05, 3.63) is 46.4 Å². The van der Waals surface area contributed by atoms with Gasteiger partial charge < -0.3 is 15.0 Å². The second kappa shape index (κ2) is 10.7. The van der Waals surface area contributed by atoms with Crippen molar-refractivity contribution in [1.82, 2.24) is 15.2 Å². The first-order valence-corrected chi connectivity index (χ1v) is 9.32. The molecule has 0 fully saturated rings. The fourth-order valence-corrected chi connectivity index (χ4v) is 3.16. The van der Waals surface area contributed by atoms with Crippen molar-refractivity contribution < 1.29 is 4.74 Å². The lowest BCUT2D eigenvalue weighted by molar-refractivity contribution is 0.281.